The van der Waals surface area contributed by atoms with Crippen LogP contribution in [0.4, 0.5) is 11.4 Å². The van der Waals surface area contributed by atoms with Crippen molar-refractivity contribution in [2.75, 3.05) is 12.4 Å². The van der Waals surface area contributed by atoms with Gasteiger partial charge in [0.2, 0.25) is 0 Å². The second kappa shape index (κ2) is 8.31. The Morgan fingerprint density at radius 2 is 2.08 bits per heavy atom. The highest BCUT2D eigenvalue weighted by Crippen LogP contribution is 2.30. The number of ether oxygens (including phenoxy) is 1. The average molecular weight is 369 g/mol. The molecule has 2 N–H and O–H groups in total. The summed E-state index contributed by atoms with van der Waals surface area (Å²) >= 11 is 6.02. The molecule has 0 unspecified atom stereocenters. The third kappa shape index (κ3) is 4.49. The Labute approximate surface area is 156 Å². The lowest BCUT2D eigenvalue weighted by Gasteiger charge is -2.11. The minimum atomic E-state index is -0.249. The molecule has 0 aliphatic heterocycles. The molecule has 2 heterocycles. The molecule has 6 nitrogen and oxygen atoms in total. The van der Waals surface area contributed by atoms with E-state index in [0.29, 0.717) is 23.0 Å². The molecule has 3 rings (SSSR count). The summed E-state index contributed by atoms with van der Waals surface area (Å²) in [7, 11) is 1.59. The van der Waals surface area contributed by atoms with Crippen molar-refractivity contribution in [3.05, 3.63) is 77.3 Å². The number of methoxy groups -OCH3 is 1. The van der Waals surface area contributed by atoms with Crippen LogP contribution in [0.15, 0.2) is 61.1 Å². The molecular formula is C19H17ClN4O2. The summed E-state index contributed by atoms with van der Waals surface area (Å²) in [4.78, 5) is 20.4. The van der Waals surface area contributed by atoms with Gasteiger partial charge in [-0.2, -0.15) is 0 Å². The molecule has 3 aromatic rings. The van der Waals surface area contributed by atoms with Gasteiger partial charge < -0.3 is 15.4 Å². The van der Waals surface area contributed by atoms with Crippen LogP contribution in [-0.4, -0.2) is 23.0 Å². The van der Waals surface area contributed by atoms with E-state index in [1.165, 1.54) is 0 Å². The Hall–Kier alpha value is -3.12. The van der Waals surface area contributed by atoms with E-state index in [4.69, 9.17) is 16.3 Å². The lowest BCUT2D eigenvalue weighted by Crippen LogP contribution is -2.23. The van der Waals surface area contributed by atoms with Crippen molar-refractivity contribution in [2.24, 2.45) is 0 Å². The first kappa shape index (κ1) is 17.7. The van der Waals surface area contributed by atoms with Crippen LogP contribution in [0.1, 0.15) is 16.1 Å². The summed E-state index contributed by atoms with van der Waals surface area (Å²) in [5.74, 6) is 0.411. The molecule has 1 aromatic carbocycles. The van der Waals surface area contributed by atoms with Gasteiger partial charge in [0.05, 0.1) is 24.7 Å². The van der Waals surface area contributed by atoms with E-state index in [0.717, 1.165) is 16.9 Å². The van der Waals surface area contributed by atoms with Gasteiger partial charge in [0.25, 0.3) is 5.91 Å². The molecule has 0 aliphatic rings. The Morgan fingerprint density at radius 3 is 2.77 bits per heavy atom. The first-order valence-electron chi connectivity index (χ1n) is 7.89. The number of carbonyl (C=O) groups is 1. The van der Waals surface area contributed by atoms with E-state index in [9.17, 15) is 4.79 Å². The van der Waals surface area contributed by atoms with Crippen LogP contribution in [0.5, 0.6) is 5.75 Å². The molecule has 0 aliphatic carbocycles. The lowest BCUT2D eigenvalue weighted by molar-refractivity contribution is 0.0946. The van der Waals surface area contributed by atoms with Gasteiger partial charge in [-0.05, 0) is 42.0 Å². The van der Waals surface area contributed by atoms with Gasteiger partial charge in [-0.3, -0.25) is 9.78 Å². The quantitative estimate of drug-likeness (QED) is 0.691. The molecule has 0 atom stereocenters. The van der Waals surface area contributed by atoms with Gasteiger partial charge >= 0.3 is 0 Å². The van der Waals surface area contributed by atoms with Crippen molar-refractivity contribution >= 4 is 28.9 Å². The van der Waals surface area contributed by atoms with Gasteiger partial charge in [0.15, 0.2) is 0 Å². The Kier molecular flexibility index (Phi) is 5.66. The highest BCUT2D eigenvalue weighted by molar-refractivity contribution is 6.31. The maximum Gasteiger partial charge on any atom is 0.270 e. The molecule has 7 heteroatoms. The zero-order valence-corrected chi connectivity index (χ0v) is 14.8. The van der Waals surface area contributed by atoms with Crippen LogP contribution in [0.2, 0.25) is 5.02 Å². The lowest BCUT2D eigenvalue weighted by atomic mass is 10.2. The summed E-state index contributed by atoms with van der Waals surface area (Å²) in [5, 5.41) is 6.58. The molecule has 0 bridgehead atoms. The number of hydrogen-bond donors (Lipinski definition) is 2. The Morgan fingerprint density at radius 1 is 1.19 bits per heavy atom. The van der Waals surface area contributed by atoms with Crippen molar-refractivity contribution in [3.63, 3.8) is 0 Å². The van der Waals surface area contributed by atoms with Crippen LogP contribution >= 0.6 is 11.6 Å². The van der Waals surface area contributed by atoms with E-state index < -0.39 is 0 Å². The summed E-state index contributed by atoms with van der Waals surface area (Å²) in [5.41, 5.74) is 2.69. The topological polar surface area (TPSA) is 76.1 Å². The smallest absolute Gasteiger partial charge is 0.270 e. The van der Waals surface area contributed by atoms with Crippen molar-refractivity contribution in [3.8, 4) is 5.75 Å². The fourth-order valence-corrected chi connectivity index (χ4v) is 2.48. The first-order valence-corrected chi connectivity index (χ1v) is 8.27. The molecule has 0 fully saturated rings. The molecule has 132 valence electrons. The van der Waals surface area contributed by atoms with Crippen LogP contribution in [0.3, 0.4) is 0 Å². The van der Waals surface area contributed by atoms with E-state index in [2.05, 4.69) is 20.6 Å². The number of benzene rings is 1. The van der Waals surface area contributed by atoms with Gasteiger partial charge in [0, 0.05) is 24.0 Å². The van der Waals surface area contributed by atoms with E-state index in [-0.39, 0.29) is 5.91 Å². The number of nitrogens with one attached hydrogen (secondary N) is 2. The van der Waals surface area contributed by atoms with Gasteiger partial charge in [-0.15, -0.1) is 0 Å². The molecule has 0 saturated carbocycles. The third-order valence-electron chi connectivity index (χ3n) is 3.61. The van der Waals surface area contributed by atoms with Gasteiger partial charge in [-0.1, -0.05) is 17.7 Å². The highest BCUT2D eigenvalue weighted by atomic mass is 35.5. The zero-order valence-electron chi connectivity index (χ0n) is 14.1. The zero-order chi connectivity index (χ0) is 18.4. The fourth-order valence-electron chi connectivity index (χ4n) is 2.31. The number of pyridine rings is 2. The number of hydrogen-bond acceptors (Lipinski definition) is 5. The molecule has 1 amide bonds. The summed E-state index contributed by atoms with van der Waals surface area (Å²) in [6, 6.07) is 12.4. The number of rotatable bonds is 6. The minimum Gasteiger partial charge on any atom is -0.495 e. The second-order valence-corrected chi connectivity index (χ2v) is 5.88. The highest BCUT2D eigenvalue weighted by Gasteiger charge is 2.08. The van der Waals surface area contributed by atoms with Crippen molar-refractivity contribution in [2.45, 2.75) is 6.54 Å². The number of anilines is 2. The van der Waals surface area contributed by atoms with E-state index in [1.807, 2.05) is 12.1 Å². The number of nitrogens with zero attached hydrogens (tertiary/aromatic N) is 2. The van der Waals surface area contributed by atoms with Crippen LogP contribution < -0.4 is 15.4 Å². The van der Waals surface area contributed by atoms with Crippen LogP contribution in [-0.2, 0) is 6.54 Å². The SMILES string of the molecule is COc1ccc(Cl)cc1Nc1ccc(C(=O)NCc2cccnc2)nc1. The molecule has 26 heavy (non-hydrogen) atoms. The summed E-state index contributed by atoms with van der Waals surface area (Å²) < 4.78 is 5.30. The molecular weight excluding hydrogens is 352 g/mol. The largest absolute Gasteiger partial charge is 0.495 e. The minimum absolute atomic E-state index is 0.249. The predicted molar refractivity (Wildman–Crippen MR) is 101 cm³/mol. The summed E-state index contributed by atoms with van der Waals surface area (Å²) in [6.45, 7) is 0.397. The average Bonchev–Trinajstić information content (AvgIpc) is 2.68. The van der Waals surface area contributed by atoms with Crippen molar-refractivity contribution in [1.29, 1.82) is 0 Å². The van der Waals surface area contributed by atoms with E-state index in [1.54, 1.807) is 56.0 Å². The second-order valence-electron chi connectivity index (χ2n) is 5.45. The molecule has 0 radical (unpaired) electrons. The third-order valence-corrected chi connectivity index (χ3v) is 3.85. The predicted octanol–water partition coefficient (Wildman–Crippen LogP) is 3.81. The normalized spacial score (nSPS) is 10.2. The maximum atomic E-state index is 12.2. The monoisotopic (exact) mass is 368 g/mol. The number of halogens is 1. The maximum absolute atomic E-state index is 12.2. The van der Waals surface area contributed by atoms with Crippen molar-refractivity contribution < 1.29 is 9.53 Å². The number of amides is 1. The van der Waals surface area contributed by atoms with Crippen LogP contribution in [0.25, 0.3) is 0 Å². The van der Waals surface area contributed by atoms with Crippen LogP contribution in [0, 0.1) is 0 Å². The molecule has 0 saturated heterocycles. The Balaban J connectivity index is 1.65. The summed E-state index contributed by atoms with van der Waals surface area (Å²) in [6.07, 6.45) is 4.98. The fraction of sp³-hybridized carbons (Fsp3) is 0.105. The van der Waals surface area contributed by atoms with Crippen molar-refractivity contribution in [1.82, 2.24) is 15.3 Å². The van der Waals surface area contributed by atoms with Gasteiger partial charge in [0.1, 0.15) is 11.4 Å². The Bertz CT molecular complexity index is 886. The van der Waals surface area contributed by atoms with E-state index >= 15 is 0 Å². The number of aromatic nitrogens is 2. The first-order chi connectivity index (χ1) is 12.7. The number of carbonyl (C=O) groups excluding carboxylic acids is 1. The molecule has 0 spiro atoms. The standard InChI is InChI=1S/C19H17ClN4O2/c1-26-18-7-4-14(20)9-17(18)24-15-5-6-16(22-12-15)19(25)23-11-13-3-2-8-21-10-13/h2-10,12,24H,11H2,1H3,(H,23,25). The van der Waals surface area contributed by atoms with Gasteiger partial charge in [-0.25, -0.2) is 4.98 Å². The molecule has 2 aromatic heterocycles.